The van der Waals surface area contributed by atoms with Crippen LogP contribution in [0.25, 0.3) is 0 Å². The van der Waals surface area contributed by atoms with E-state index >= 15 is 4.39 Å². The largest absolute Gasteiger partial charge is 0.458 e. The van der Waals surface area contributed by atoms with Crippen molar-refractivity contribution in [3.63, 3.8) is 0 Å². The molecule has 0 bridgehead atoms. The van der Waals surface area contributed by atoms with E-state index in [4.69, 9.17) is 4.74 Å². The van der Waals surface area contributed by atoms with Gasteiger partial charge in [0.15, 0.2) is 11.6 Å². The maximum Gasteiger partial charge on any atom is 0.303 e. The monoisotopic (exact) mass is 420 g/mol. The van der Waals surface area contributed by atoms with Gasteiger partial charge in [0.25, 0.3) is 0 Å². The number of hydrogen-bond acceptors (Lipinski definition) is 5. The minimum atomic E-state index is -1.80. The number of rotatable bonds is 3. The van der Waals surface area contributed by atoms with Gasteiger partial charge in [0.2, 0.25) is 0 Å². The maximum atomic E-state index is 17.1. The lowest BCUT2D eigenvalue weighted by atomic mass is 9.43. The van der Waals surface area contributed by atoms with Gasteiger partial charge in [0, 0.05) is 30.1 Å². The fraction of sp³-hybridized carbons (Fsp3) is 0.792. The molecule has 0 radical (unpaired) electrons. The maximum absolute atomic E-state index is 17.1. The zero-order valence-corrected chi connectivity index (χ0v) is 18.4. The molecule has 0 spiro atoms. The van der Waals surface area contributed by atoms with Gasteiger partial charge in [-0.3, -0.25) is 14.4 Å². The summed E-state index contributed by atoms with van der Waals surface area (Å²) >= 11 is 0. The van der Waals surface area contributed by atoms with Gasteiger partial charge in [-0.15, -0.1) is 0 Å². The summed E-state index contributed by atoms with van der Waals surface area (Å²) in [5, 5.41) is 11.3. The lowest BCUT2D eigenvalue weighted by Crippen LogP contribution is -2.67. The number of hydrogen-bond donors (Lipinski definition) is 1. The molecule has 3 saturated carbocycles. The Kier molecular flexibility index (Phi) is 5.04. The first-order valence-electron chi connectivity index (χ1n) is 11.2. The zero-order chi connectivity index (χ0) is 22.1. The van der Waals surface area contributed by atoms with Crippen LogP contribution in [-0.4, -0.2) is 41.0 Å². The molecule has 166 valence electrons. The lowest BCUT2D eigenvalue weighted by Gasteiger charge is -2.63. The molecule has 30 heavy (non-hydrogen) atoms. The second-order valence-electron chi connectivity index (χ2n) is 10.6. The van der Waals surface area contributed by atoms with Crippen molar-refractivity contribution in [1.82, 2.24) is 0 Å². The summed E-state index contributed by atoms with van der Waals surface area (Å²) in [6, 6.07) is 0. The van der Waals surface area contributed by atoms with Gasteiger partial charge in [0.1, 0.15) is 12.3 Å². The first-order valence-corrected chi connectivity index (χ1v) is 11.2. The van der Waals surface area contributed by atoms with Crippen molar-refractivity contribution in [1.29, 1.82) is 0 Å². The molecule has 0 heterocycles. The number of Topliss-reactive ketones (excluding diaryl/α,β-unsaturated/α-hetero) is 1. The number of halogens is 1. The highest BCUT2D eigenvalue weighted by molar-refractivity contribution is 5.93. The number of alkyl halides is 1. The summed E-state index contributed by atoms with van der Waals surface area (Å²) in [7, 11) is 0. The van der Waals surface area contributed by atoms with E-state index in [1.807, 2.05) is 20.8 Å². The SMILES string of the molecule is CC(=O)OCC(=O)C1CCC2C3CCC4=CC(=O)[C@H](C)CC4(C)[C@@]3(F)C(O)CC12C. The predicted molar refractivity (Wildman–Crippen MR) is 108 cm³/mol. The number of aliphatic hydroxyl groups excluding tert-OH is 1. The number of fused-ring (bicyclic) bond motifs is 5. The Bertz CT molecular complexity index is 820. The number of esters is 1. The van der Waals surface area contributed by atoms with Crippen LogP contribution in [-0.2, 0) is 19.1 Å². The van der Waals surface area contributed by atoms with Gasteiger partial charge in [-0.2, -0.15) is 0 Å². The van der Waals surface area contributed by atoms with Gasteiger partial charge in [-0.25, -0.2) is 4.39 Å². The molecule has 1 N–H and O–H groups in total. The lowest BCUT2D eigenvalue weighted by molar-refractivity contribution is -0.210. The second kappa shape index (κ2) is 6.98. The predicted octanol–water partition coefficient (Wildman–Crippen LogP) is 3.58. The summed E-state index contributed by atoms with van der Waals surface area (Å²) in [4.78, 5) is 36.2. The number of ketones is 2. The second-order valence-corrected chi connectivity index (χ2v) is 10.6. The summed E-state index contributed by atoms with van der Waals surface area (Å²) in [5.74, 6) is -1.52. The molecule has 0 aromatic rings. The van der Waals surface area contributed by atoms with Crippen molar-refractivity contribution in [2.45, 2.75) is 78.0 Å². The average Bonchev–Trinajstić information content (AvgIpc) is 2.99. The van der Waals surface area contributed by atoms with Crippen molar-refractivity contribution in [2.24, 2.45) is 34.5 Å². The third-order valence-corrected chi connectivity index (χ3v) is 9.15. The molecule has 6 unspecified atom stereocenters. The Morgan fingerprint density at radius 3 is 2.57 bits per heavy atom. The molecule has 4 aliphatic carbocycles. The Morgan fingerprint density at radius 2 is 1.90 bits per heavy atom. The Balaban J connectivity index is 1.68. The summed E-state index contributed by atoms with van der Waals surface area (Å²) in [5.41, 5.74) is -2.33. The first-order chi connectivity index (χ1) is 13.9. The average molecular weight is 421 g/mol. The van der Waals surface area contributed by atoms with E-state index in [1.54, 1.807) is 6.08 Å². The molecule has 8 atom stereocenters. The smallest absolute Gasteiger partial charge is 0.303 e. The van der Waals surface area contributed by atoms with Crippen molar-refractivity contribution in [3.05, 3.63) is 11.6 Å². The molecule has 4 aliphatic rings. The number of carbonyl (C=O) groups excluding carboxylic acids is 3. The summed E-state index contributed by atoms with van der Waals surface area (Å²) in [6.45, 7) is 6.75. The van der Waals surface area contributed by atoms with Gasteiger partial charge in [-0.05, 0) is 55.9 Å². The van der Waals surface area contributed by atoms with E-state index in [0.29, 0.717) is 25.7 Å². The van der Waals surface area contributed by atoms with E-state index in [-0.39, 0.29) is 48.3 Å². The van der Waals surface area contributed by atoms with Crippen molar-refractivity contribution < 1.29 is 28.6 Å². The van der Waals surface area contributed by atoms with E-state index in [9.17, 15) is 19.5 Å². The standard InChI is InChI=1S/C24H33FO5/c1-13-10-23(4)15(9-19(13)27)5-6-17-16-7-8-18(20(28)12-30-14(2)26)22(16,3)11-21(29)24(17,23)25/h9,13,16-18,21,29H,5-8,10-12H2,1-4H3/t13-,16?,17?,18?,21?,22?,23?,24+/m1/s1. The molecule has 4 rings (SSSR count). The van der Waals surface area contributed by atoms with Crippen LogP contribution in [0, 0.1) is 34.5 Å². The Labute approximate surface area is 177 Å². The third kappa shape index (κ3) is 2.78. The van der Waals surface area contributed by atoms with Crippen molar-refractivity contribution in [3.8, 4) is 0 Å². The van der Waals surface area contributed by atoms with E-state index in [2.05, 4.69) is 0 Å². The van der Waals surface area contributed by atoms with Gasteiger partial charge in [0.05, 0.1) is 6.10 Å². The number of carbonyl (C=O) groups is 3. The minimum absolute atomic E-state index is 0.0107. The summed E-state index contributed by atoms with van der Waals surface area (Å²) in [6.07, 6.45) is 3.69. The molecular formula is C24H33FO5. The Hall–Kier alpha value is -1.56. The van der Waals surface area contributed by atoms with Gasteiger partial charge in [-0.1, -0.05) is 26.3 Å². The van der Waals surface area contributed by atoms with E-state index < -0.39 is 28.6 Å². The summed E-state index contributed by atoms with van der Waals surface area (Å²) < 4.78 is 22.0. The molecule has 0 aromatic heterocycles. The molecule has 5 nitrogen and oxygen atoms in total. The normalized spacial score (nSPS) is 47.6. The van der Waals surface area contributed by atoms with Crippen LogP contribution in [0.2, 0.25) is 0 Å². The number of allylic oxidation sites excluding steroid dienone is 1. The fourth-order valence-electron chi connectivity index (χ4n) is 7.69. The first kappa shape index (κ1) is 21.7. The van der Waals surface area contributed by atoms with Gasteiger partial charge >= 0.3 is 5.97 Å². The molecular weight excluding hydrogens is 387 g/mol. The molecule has 3 fully saturated rings. The highest BCUT2D eigenvalue weighted by Gasteiger charge is 2.71. The van der Waals surface area contributed by atoms with E-state index in [0.717, 1.165) is 12.0 Å². The van der Waals surface area contributed by atoms with Gasteiger partial charge < -0.3 is 9.84 Å². The van der Waals surface area contributed by atoms with Crippen LogP contribution in [0.4, 0.5) is 4.39 Å². The highest BCUT2D eigenvalue weighted by atomic mass is 19.1. The number of aliphatic hydroxyl groups is 1. The molecule has 0 aliphatic heterocycles. The molecule has 0 aromatic carbocycles. The fourth-order valence-corrected chi connectivity index (χ4v) is 7.69. The Morgan fingerprint density at radius 1 is 1.20 bits per heavy atom. The van der Waals surface area contributed by atoms with Crippen LogP contribution in [0.15, 0.2) is 11.6 Å². The molecule has 0 saturated heterocycles. The quantitative estimate of drug-likeness (QED) is 0.706. The molecule has 0 amide bonds. The van der Waals surface area contributed by atoms with E-state index in [1.165, 1.54) is 6.92 Å². The highest BCUT2D eigenvalue weighted by Crippen LogP contribution is 2.69. The van der Waals surface area contributed by atoms with Crippen LogP contribution in [0.5, 0.6) is 0 Å². The number of ether oxygens (including phenoxy) is 1. The topological polar surface area (TPSA) is 80.7 Å². The van der Waals surface area contributed by atoms with Crippen LogP contribution in [0.1, 0.15) is 66.2 Å². The van der Waals surface area contributed by atoms with Crippen LogP contribution in [0.3, 0.4) is 0 Å². The van der Waals surface area contributed by atoms with Crippen molar-refractivity contribution in [2.75, 3.05) is 6.61 Å². The third-order valence-electron chi connectivity index (χ3n) is 9.15. The molecule has 6 heteroatoms. The minimum Gasteiger partial charge on any atom is -0.458 e. The van der Waals surface area contributed by atoms with Crippen LogP contribution < -0.4 is 0 Å². The van der Waals surface area contributed by atoms with Crippen molar-refractivity contribution >= 4 is 17.5 Å². The zero-order valence-electron chi connectivity index (χ0n) is 18.4. The van der Waals surface area contributed by atoms with Crippen LogP contribution >= 0.6 is 0 Å².